The van der Waals surface area contributed by atoms with E-state index in [-0.39, 0.29) is 5.73 Å². The highest BCUT2D eigenvalue weighted by Crippen LogP contribution is 2.40. The minimum Gasteiger partial charge on any atom is -0.398 e. The minimum atomic E-state index is -0.833. The van der Waals surface area contributed by atoms with Gasteiger partial charge in [-0.05, 0) is 60.0 Å². The zero-order valence-electron chi connectivity index (χ0n) is 13.6. The van der Waals surface area contributed by atoms with Crippen molar-refractivity contribution >= 4 is 7.12 Å². The van der Waals surface area contributed by atoms with Crippen LogP contribution in [0.4, 0.5) is 4.39 Å². The van der Waals surface area contributed by atoms with Crippen LogP contribution < -0.4 is 0 Å². The highest BCUT2D eigenvalue weighted by atomic mass is 19.1. The van der Waals surface area contributed by atoms with Crippen LogP contribution in [0.5, 0.6) is 0 Å². The van der Waals surface area contributed by atoms with Gasteiger partial charge in [-0.25, -0.2) is 4.39 Å². The van der Waals surface area contributed by atoms with Gasteiger partial charge >= 0.3 is 7.12 Å². The van der Waals surface area contributed by atoms with Crippen LogP contribution in [0.15, 0.2) is 11.3 Å². The number of nitrogens with zero attached hydrogens (tertiary/aromatic N) is 1. The van der Waals surface area contributed by atoms with Crippen LogP contribution in [0.25, 0.3) is 0 Å². The van der Waals surface area contributed by atoms with Gasteiger partial charge in [-0.2, -0.15) is 0 Å². The number of hydrogen-bond donors (Lipinski definition) is 0. The van der Waals surface area contributed by atoms with Crippen LogP contribution in [-0.4, -0.2) is 42.4 Å². The van der Waals surface area contributed by atoms with E-state index in [4.69, 9.17) is 9.31 Å². The molecule has 2 fully saturated rings. The largest absolute Gasteiger partial charge is 0.525 e. The van der Waals surface area contributed by atoms with Gasteiger partial charge in [-0.15, -0.1) is 0 Å². The Bertz CT molecular complexity index is 381. The second-order valence-electron chi connectivity index (χ2n) is 7.17. The molecule has 0 N–H and O–H groups in total. The molecule has 0 aromatic carbocycles. The lowest BCUT2D eigenvalue weighted by atomic mass is 9.82. The first kappa shape index (κ1) is 16.0. The summed E-state index contributed by atoms with van der Waals surface area (Å²) in [4.78, 5) is 2.38. The second-order valence-corrected chi connectivity index (χ2v) is 7.17. The zero-order valence-corrected chi connectivity index (χ0v) is 13.6. The molecule has 0 aromatic rings. The number of piperidine rings is 1. The van der Waals surface area contributed by atoms with Gasteiger partial charge < -0.3 is 14.2 Å². The molecule has 0 unspecified atom stereocenters. The van der Waals surface area contributed by atoms with E-state index in [1.165, 1.54) is 0 Å². The Morgan fingerprint density at radius 3 is 1.95 bits per heavy atom. The number of likely N-dealkylation sites (tertiary alicyclic amines) is 1. The van der Waals surface area contributed by atoms with Gasteiger partial charge in [0.1, 0.15) is 5.73 Å². The van der Waals surface area contributed by atoms with E-state index in [0.29, 0.717) is 6.04 Å². The fourth-order valence-electron chi connectivity index (χ4n) is 2.66. The van der Waals surface area contributed by atoms with Crippen molar-refractivity contribution in [1.82, 2.24) is 4.90 Å². The van der Waals surface area contributed by atoms with Crippen LogP contribution in [0, 0.1) is 0 Å². The highest BCUT2D eigenvalue weighted by Gasteiger charge is 2.53. The van der Waals surface area contributed by atoms with E-state index < -0.39 is 18.3 Å². The molecule has 0 radical (unpaired) electrons. The van der Waals surface area contributed by atoms with E-state index in [1.54, 1.807) is 0 Å². The summed E-state index contributed by atoms with van der Waals surface area (Å²) in [5.41, 5.74) is -0.296. The van der Waals surface area contributed by atoms with E-state index in [9.17, 15) is 4.39 Å². The van der Waals surface area contributed by atoms with Crippen molar-refractivity contribution in [1.29, 1.82) is 0 Å². The molecule has 2 aliphatic heterocycles. The van der Waals surface area contributed by atoms with Gasteiger partial charge in [0.15, 0.2) is 0 Å². The van der Waals surface area contributed by atoms with Crippen LogP contribution in [0.2, 0.25) is 0 Å². The highest BCUT2D eigenvalue weighted by molar-refractivity contribution is 6.53. The minimum absolute atomic E-state index is 0.202. The first-order valence-corrected chi connectivity index (χ1v) is 7.61. The van der Waals surface area contributed by atoms with Crippen molar-refractivity contribution in [2.75, 3.05) is 13.1 Å². The molecule has 0 aliphatic carbocycles. The van der Waals surface area contributed by atoms with Crippen molar-refractivity contribution in [3.05, 3.63) is 11.3 Å². The van der Waals surface area contributed by atoms with Gasteiger partial charge in [-0.1, -0.05) is 0 Å². The zero-order chi connectivity index (χ0) is 15.1. The first-order valence-electron chi connectivity index (χ1n) is 7.61. The summed E-state index contributed by atoms with van der Waals surface area (Å²) in [7, 11) is -0.833. The third-order valence-corrected chi connectivity index (χ3v) is 4.93. The van der Waals surface area contributed by atoms with Gasteiger partial charge in [0.05, 0.1) is 11.2 Å². The fraction of sp³-hybridized carbons (Fsp3) is 0.867. The molecule has 20 heavy (non-hydrogen) atoms. The smallest absolute Gasteiger partial charge is 0.398 e. The molecule has 0 bridgehead atoms. The molecule has 2 saturated heterocycles. The Balaban J connectivity index is 2.06. The first-order chi connectivity index (χ1) is 9.14. The van der Waals surface area contributed by atoms with Crippen LogP contribution in [0.1, 0.15) is 54.4 Å². The molecular formula is C15H27BFNO2. The number of hydrogen-bond acceptors (Lipinski definition) is 3. The molecule has 0 spiro atoms. The molecule has 3 nitrogen and oxygen atoms in total. The number of halogens is 1. The average Bonchev–Trinajstić information content (AvgIpc) is 2.57. The van der Waals surface area contributed by atoms with Crippen LogP contribution >= 0.6 is 0 Å². The average molecular weight is 283 g/mol. The van der Waals surface area contributed by atoms with Gasteiger partial charge in [0.25, 0.3) is 0 Å². The molecule has 114 valence electrons. The summed E-state index contributed by atoms with van der Waals surface area (Å²) in [5.74, 6) is 0. The molecule has 2 aliphatic rings. The Kier molecular flexibility index (Phi) is 4.34. The maximum absolute atomic E-state index is 14.6. The van der Waals surface area contributed by atoms with Gasteiger partial charge in [-0.3, -0.25) is 0 Å². The van der Waals surface area contributed by atoms with Gasteiger partial charge in [0.2, 0.25) is 0 Å². The molecule has 0 saturated carbocycles. The fourth-order valence-corrected chi connectivity index (χ4v) is 2.66. The summed E-state index contributed by atoms with van der Waals surface area (Å²) in [6.07, 6.45) is 1.54. The number of rotatable bonds is 2. The molecule has 0 aromatic heterocycles. The van der Waals surface area contributed by atoms with E-state index in [0.717, 1.165) is 31.5 Å². The third kappa shape index (κ3) is 2.95. The van der Waals surface area contributed by atoms with Crippen molar-refractivity contribution in [3.63, 3.8) is 0 Å². The van der Waals surface area contributed by atoms with Crippen molar-refractivity contribution < 1.29 is 13.7 Å². The molecular weight excluding hydrogens is 256 g/mol. The lowest BCUT2D eigenvalue weighted by molar-refractivity contribution is 0.00578. The maximum atomic E-state index is 14.6. The van der Waals surface area contributed by atoms with E-state index in [1.807, 2.05) is 27.7 Å². The predicted molar refractivity (Wildman–Crippen MR) is 80.2 cm³/mol. The predicted octanol–water partition coefficient (Wildman–Crippen LogP) is 3.35. The lowest BCUT2D eigenvalue weighted by Gasteiger charge is -2.32. The SMILES string of the molecule is CC(C)N1CCC(=C(F)B2OC(C)(C)C(C)(C)O2)CC1. The van der Waals surface area contributed by atoms with Crippen molar-refractivity contribution in [3.8, 4) is 0 Å². The Labute approximate surface area is 122 Å². The topological polar surface area (TPSA) is 21.7 Å². The summed E-state index contributed by atoms with van der Waals surface area (Å²) in [5, 5.41) is 0. The molecule has 0 atom stereocenters. The Morgan fingerprint density at radius 1 is 1.10 bits per heavy atom. The van der Waals surface area contributed by atoms with E-state index >= 15 is 0 Å². The molecule has 0 amide bonds. The lowest BCUT2D eigenvalue weighted by Crippen LogP contribution is -2.41. The summed E-state index contributed by atoms with van der Waals surface area (Å²) >= 11 is 0. The quantitative estimate of drug-likeness (QED) is 0.725. The van der Waals surface area contributed by atoms with Crippen LogP contribution in [0.3, 0.4) is 0 Å². The van der Waals surface area contributed by atoms with Crippen molar-refractivity contribution in [2.45, 2.75) is 71.6 Å². The Hall–Kier alpha value is -0.385. The molecule has 5 heteroatoms. The normalized spacial score (nSPS) is 26.4. The summed E-state index contributed by atoms with van der Waals surface area (Å²) in [6, 6.07) is 0.524. The summed E-state index contributed by atoms with van der Waals surface area (Å²) < 4.78 is 26.2. The second kappa shape index (κ2) is 5.43. The van der Waals surface area contributed by atoms with Crippen molar-refractivity contribution in [2.24, 2.45) is 0 Å². The Morgan fingerprint density at radius 2 is 1.55 bits per heavy atom. The van der Waals surface area contributed by atoms with Gasteiger partial charge in [0, 0.05) is 19.1 Å². The standard InChI is InChI=1S/C15H27BFNO2/c1-11(2)18-9-7-12(8-10-18)13(17)16-19-14(3,4)15(5,6)20-16/h11H,7-10H2,1-6H3. The summed E-state index contributed by atoms with van der Waals surface area (Å²) in [6.45, 7) is 14.0. The maximum Gasteiger partial charge on any atom is 0.525 e. The monoisotopic (exact) mass is 283 g/mol. The third-order valence-electron chi connectivity index (χ3n) is 4.93. The molecule has 2 rings (SSSR count). The van der Waals surface area contributed by atoms with E-state index in [2.05, 4.69) is 18.7 Å². The molecule has 2 heterocycles. The van der Waals surface area contributed by atoms with Crippen LogP contribution in [-0.2, 0) is 9.31 Å².